The van der Waals surface area contributed by atoms with Gasteiger partial charge in [-0.3, -0.25) is 4.79 Å². The van der Waals surface area contributed by atoms with Gasteiger partial charge in [0.05, 0.1) is 12.6 Å². The highest BCUT2D eigenvalue weighted by Crippen LogP contribution is 2.29. The molecule has 5 nitrogen and oxygen atoms in total. The average molecular weight is 357 g/mol. The molecule has 25 heavy (non-hydrogen) atoms. The smallest absolute Gasteiger partial charge is 0.238 e. The number of fused-ring (bicyclic) bond motifs is 1. The molecule has 3 atom stereocenters. The number of benzene rings is 1. The fraction of sp³-hybridized carbons (Fsp3) is 0.421. The molecule has 0 spiro atoms. The number of nitrogens with one attached hydrogen (secondary N) is 3. The highest BCUT2D eigenvalue weighted by atomic mass is 32.1. The summed E-state index contributed by atoms with van der Waals surface area (Å²) in [6.45, 7) is 2.65. The Kier molecular flexibility index (Phi) is 4.74. The predicted molar refractivity (Wildman–Crippen MR) is 98.7 cm³/mol. The van der Waals surface area contributed by atoms with Gasteiger partial charge in [-0.15, -0.1) is 11.3 Å². The van der Waals surface area contributed by atoms with E-state index in [4.69, 9.17) is 4.74 Å². The van der Waals surface area contributed by atoms with Gasteiger partial charge in [-0.2, -0.15) is 0 Å². The summed E-state index contributed by atoms with van der Waals surface area (Å²) in [7, 11) is 0. The van der Waals surface area contributed by atoms with Crippen LogP contribution in [0.3, 0.4) is 0 Å². The monoisotopic (exact) mass is 357 g/mol. The Morgan fingerprint density at radius 1 is 1.28 bits per heavy atom. The Bertz CT molecular complexity index is 761. The van der Waals surface area contributed by atoms with Crippen LogP contribution in [0.25, 0.3) is 0 Å². The molecule has 132 valence electrons. The zero-order valence-electron chi connectivity index (χ0n) is 14.2. The minimum Gasteiger partial charge on any atom is -0.488 e. The fourth-order valence-corrected chi connectivity index (χ4v) is 4.36. The molecular weight excluding hydrogens is 334 g/mol. The molecule has 2 aliphatic heterocycles. The van der Waals surface area contributed by atoms with E-state index in [0.29, 0.717) is 6.54 Å². The van der Waals surface area contributed by atoms with Crippen molar-refractivity contribution < 1.29 is 9.53 Å². The van der Waals surface area contributed by atoms with Crippen LogP contribution in [-0.4, -0.2) is 24.6 Å². The van der Waals surface area contributed by atoms with Crippen molar-refractivity contribution in [2.24, 2.45) is 0 Å². The van der Waals surface area contributed by atoms with Gasteiger partial charge in [-0.1, -0.05) is 18.2 Å². The highest BCUT2D eigenvalue weighted by Gasteiger charge is 2.31. The molecule has 3 heterocycles. The van der Waals surface area contributed by atoms with E-state index in [9.17, 15) is 4.79 Å². The van der Waals surface area contributed by atoms with Crippen molar-refractivity contribution in [2.45, 2.75) is 44.4 Å². The molecule has 2 unspecified atom stereocenters. The van der Waals surface area contributed by atoms with Crippen LogP contribution in [0.5, 0.6) is 5.75 Å². The van der Waals surface area contributed by atoms with E-state index < -0.39 is 0 Å². The Hall–Kier alpha value is -1.89. The van der Waals surface area contributed by atoms with Crippen molar-refractivity contribution in [2.75, 3.05) is 6.54 Å². The van der Waals surface area contributed by atoms with E-state index in [0.717, 1.165) is 25.0 Å². The molecule has 2 aromatic rings. The molecule has 3 N–H and O–H groups in total. The summed E-state index contributed by atoms with van der Waals surface area (Å²) in [6, 6.07) is 12.4. The first-order valence-corrected chi connectivity index (χ1v) is 9.60. The first-order valence-electron chi connectivity index (χ1n) is 8.79. The average Bonchev–Trinajstić information content (AvgIpc) is 3.28. The summed E-state index contributed by atoms with van der Waals surface area (Å²) < 4.78 is 5.99. The molecule has 0 bridgehead atoms. The maximum atomic E-state index is 12.4. The lowest BCUT2D eigenvalue weighted by Gasteiger charge is -2.26. The SMILES string of the molecule is Cc1ccc(C2CC(C(=O)NC[C@H]3CCc4ccccc4O3)NN2)s1. The normalized spacial score (nSPS) is 25.2. The van der Waals surface area contributed by atoms with E-state index in [1.165, 1.54) is 15.3 Å². The Labute approximate surface area is 151 Å². The number of rotatable bonds is 4. The summed E-state index contributed by atoms with van der Waals surface area (Å²) >= 11 is 1.77. The fourth-order valence-electron chi connectivity index (χ4n) is 3.42. The number of carbonyl (C=O) groups excluding carboxylic acids is 1. The van der Waals surface area contributed by atoms with Gasteiger partial charge in [-0.25, -0.2) is 10.9 Å². The van der Waals surface area contributed by atoms with Gasteiger partial charge in [0.15, 0.2) is 0 Å². The highest BCUT2D eigenvalue weighted by molar-refractivity contribution is 7.12. The van der Waals surface area contributed by atoms with Gasteiger partial charge >= 0.3 is 0 Å². The van der Waals surface area contributed by atoms with Crippen molar-refractivity contribution in [3.63, 3.8) is 0 Å². The molecule has 0 radical (unpaired) electrons. The standard InChI is InChI=1S/C19H23N3O2S/c1-12-6-9-18(25-12)15-10-16(22-21-15)19(23)20-11-14-8-7-13-4-2-3-5-17(13)24-14/h2-6,9,14-16,21-22H,7-8,10-11H2,1H3,(H,20,23)/t14-,15?,16?/m1/s1. The van der Waals surface area contributed by atoms with Crippen molar-refractivity contribution in [1.29, 1.82) is 0 Å². The van der Waals surface area contributed by atoms with Crippen LogP contribution in [0.15, 0.2) is 36.4 Å². The van der Waals surface area contributed by atoms with Crippen LogP contribution >= 0.6 is 11.3 Å². The van der Waals surface area contributed by atoms with E-state index in [2.05, 4.69) is 41.3 Å². The van der Waals surface area contributed by atoms with Gasteiger partial charge in [-0.05, 0) is 49.9 Å². The Morgan fingerprint density at radius 2 is 2.16 bits per heavy atom. The van der Waals surface area contributed by atoms with Crippen LogP contribution in [0.4, 0.5) is 0 Å². The van der Waals surface area contributed by atoms with Crippen LogP contribution in [-0.2, 0) is 11.2 Å². The molecule has 4 rings (SSSR count). The number of ether oxygens (including phenoxy) is 1. The van der Waals surface area contributed by atoms with E-state index in [1.807, 2.05) is 18.2 Å². The van der Waals surface area contributed by atoms with Crippen LogP contribution in [0, 0.1) is 6.92 Å². The van der Waals surface area contributed by atoms with Crippen molar-refractivity contribution in [3.8, 4) is 5.75 Å². The Morgan fingerprint density at radius 3 is 3.00 bits per heavy atom. The number of hydrazine groups is 1. The van der Waals surface area contributed by atoms with Crippen LogP contribution in [0.2, 0.25) is 0 Å². The largest absolute Gasteiger partial charge is 0.488 e. The summed E-state index contributed by atoms with van der Waals surface area (Å²) in [5.41, 5.74) is 7.61. The second-order valence-electron chi connectivity index (χ2n) is 6.71. The van der Waals surface area contributed by atoms with Gasteiger partial charge in [0.1, 0.15) is 17.9 Å². The molecule has 6 heteroatoms. The van der Waals surface area contributed by atoms with Gasteiger partial charge in [0, 0.05) is 9.75 Å². The van der Waals surface area contributed by atoms with Gasteiger partial charge in [0.2, 0.25) is 5.91 Å². The molecule has 0 saturated carbocycles. The zero-order chi connectivity index (χ0) is 17.2. The Balaban J connectivity index is 1.27. The molecule has 1 fully saturated rings. The summed E-state index contributed by atoms with van der Waals surface area (Å²) in [4.78, 5) is 15.0. The summed E-state index contributed by atoms with van der Waals surface area (Å²) in [5, 5.41) is 3.04. The molecular formula is C19H23N3O2S. The van der Waals surface area contributed by atoms with E-state index in [1.54, 1.807) is 11.3 Å². The van der Waals surface area contributed by atoms with Crippen molar-refractivity contribution >= 4 is 17.2 Å². The zero-order valence-corrected chi connectivity index (χ0v) is 15.1. The second-order valence-corrected chi connectivity index (χ2v) is 8.03. The molecule has 1 saturated heterocycles. The number of aryl methyl sites for hydroxylation is 2. The van der Waals surface area contributed by atoms with Crippen molar-refractivity contribution in [3.05, 3.63) is 51.7 Å². The third kappa shape index (κ3) is 3.71. The lowest BCUT2D eigenvalue weighted by Crippen LogP contribution is -2.46. The summed E-state index contributed by atoms with van der Waals surface area (Å²) in [6.07, 6.45) is 2.74. The van der Waals surface area contributed by atoms with Crippen LogP contribution < -0.4 is 20.9 Å². The number of para-hydroxylation sites is 1. The quantitative estimate of drug-likeness (QED) is 0.787. The second kappa shape index (κ2) is 7.15. The topological polar surface area (TPSA) is 62.4 Å². The number of amides is 1. The van der Waals surface area contributed by atoms with Crippen molar-refractivity contribution in [1.82, 2.24) is 16.2 Å². The number of hydrogen-bond acceptors (Lipinski definition) is 5. The number of thiophene rings is 1. The molecule has 1 aromatic heterocycles. The minimum atomic E-state index is -0.205. The lowest BCUT2D eigenvalue weighted by molar-refractivity contribution is -0.123. The predicted octanol–water partition coefficient (Wildman–Crippen LogP) is 2.47. The van der Waals surface area contributed by atoms with Gasteiger partial charge < -0.3 is 10.1 Å². The maximum absolute atomic E-state index is 12.4. The molecule has 1 amide bonds. The molecule has 2 aliphatic rings. The maximum Gasteiger partial charge on any atom is 0.238 e. The third-order valence-corrected chi connectivity index (χ3v) is 5.94. The number of hydrogen-bond donors (Lipinski definition) is 3. The first-order chi connectivity index (χ1) is 12.2. The number of carbonyl (C=O) groups is 1. The van der Waals surface area contributed by atoms with E-state index >= 15 is 0 Å². The first kappa shape index (κ1) is 16.6. The third-order valence-electron chi connectivity index (χ3n) is 4.83. The van der Waals surface area contributed by atoms with Crippen LogP contribution in [0.1, 0.15) is 34.2 Å². The lowest BCUT2D eigenvalue weighted by atomic mass is 10.0. The molecule has 1 aromatic carbocycles. The van der Waals surface area contributed by atoms with E-state index in [-0.39, 0.29) is 24.1 Å². The molecule has 0 aliphatic carbocycles. The summed E-state index contributed by atoms with van der Waals surface area (Å²) in [5.74, 6) is 0.979. The van der Waals surface area contributed by atoms with Gasteiger partial charge in [0.25, 0.3) is 0 Å². The minimum absolute atomic E-state index is 0.0331.